The number of halogens is 1. The first-order valence-corrected chi connectivity index (χ1v) is 8.62. The fourth-order valence-electron chi connectivity index (χ4n) is 3.17. The molecule has 110 valence electrons. The largest absolute Gasteiger partial charge is 0.398 e. The van der Waals surface area contributed by atoms with E-state index >= 15 is 0 Å². The van der Waals surface area contributed by atoms with E-state index in [1.807, 2.05) is 0 Å². The number of anilines is 1. The van der Waals surface area contributed by atoms with Crippen LogP contribution in [-0.4, -0.2) is 39.0 Å². The summed E-state index contributed by atoms with van der Waals surface area (Å²) >= 11 is 6.00. The average Bonchev–Trinajstić information content (AvgIpc) is 2.39. The van der Waals surface area contributed by atoms with E-state index < -0.39 is 10.0 Å². The van der Waals surface area contributed by atoms with Gasteiger partial charge in [-0.3, -0.25) is 0 Å². The van der Waals surface area contributed by atoms with Crippen LogP contribution in [0.25, 0.3) is 0 Å². The SMILES string of the molecule is Nc1cccc(Cl)c1S(=O)(=O)NC1CN2CCC1CC2. The first kappa shape index (κ1) is 14.1. The number of nitrogens with one attached hydrogen (secondary N) is 1. The third-order valence-corrected chi connectivity index (χ3v) is 6.26. The van der Waals surface area contributed by atoms with Crippen molar-refractivity contribution in [3.05, 3.63) is 23.2 Å². The van der Waals surface area contributed by atoms with Gasteiger partial charge in [0.25, 0.3) is 0 Å². The molecule has 20 heavy (non-hydrogen) atoms. The van der Waals surface area contributed by atoms with Crippen molar-refractivity contribution in [1.82, 2.24) is 9.62 Å². The number of rotatable bonds is 3. The highest BCUT2D eigenvalue weighted by molar-refractivity contribution is 7.89. The second kappa shape index (κ2) is 5.18. The summed E-state index contributed by atoms with van der Waals surface area (Å²) in [6.45, 7) is 2.91. The van der Waals surface area contributed by atoms with Gasteiger partial charge in [0, 0.05) is 12.6 Å². The van der Waals surface area contributed by atoms with Crippen molar-refractivity contribution in [2.45, 2.75) is 23.8 Å². The van der Waals surface area contributed by atoms with E-state index in [-0.39, 0.29) is 21.6 Å². The molecule has 3 aliphatic heterocycles. The van der Waals surface area contributed by atoms with Crippen LogP contribution in [0.5, 0.6) is 0 Å². The summed E-state index contributed by atoms with van der Waals surface area (Å²) in [6, 6.07) is 4.70. The second-order valence-electron chi connectivity index (χ2n) is 5.52. The van der Waals surface area contributed by atoms with Crippen LogP contribution >= 0.6 is 11.6 Å². The molecule has 0 aliphatic carbocycles. The molecule has 3 fully saturated rings. The van der Waals surface area contributed by atoms with Crippen LogP contribution in [0.1, 0.15) is 12.8 Å². The highest BCUT2D eigenvalue weighted by Gasteiger charge is 2.37. The standard InChI is InChI=1S/C13H18ClN3O2S/c14-10-2-1-3-11(15)13(10)20(18,19)16-12-8-17-6-4-9(12)5-7-17/h1-3,9,12,16H,4-8,15H2. The number of piperidine rings is 3. The summed E-state index contributed by atoms with van der Waals surface area (Å²) < 4.78 is 27.8. The molecule has 0 saturated carbocycles. The van der Waals surface area contributed by atoms with E-state index in [0.717, 1.165) is 32.5 Å². The molecule has 1 unspecified atom stereocenters. The number of nitrogens with two attached hydrogens (primary N) is 1. The Labute approximate surface area is 124 Å². The lowest BCUT2D eigenvalue weighted by molar-refractivity contribution is 0.0827. The molecule has 1 aromatic rings. The third kappa shape index (κ3) is 2.53. The van der Waals surface area contributed by atoms with Crippen molar-refractivity contribution in [3.63, 3.8) is 0 Å². The summed E-state index contributed by atoms with van der Waals surface area (Å²) in [4.78, 5) is 2.29. The molecule has 3 aliphatic rings. The zero-order chi connectivity index (χ0) is 14.3. The number of benzene rings is 1. The molecule has 3 saturated heterocycles. The van der Waals surface area contributed by atoms with Crippen LogP contribution in [0, 0.1) is 5.92 Å². The second-order valence-corrected chi connectivity index (χ2v) is 7.58. The molecule has 7 heteroatoms. The first-order chi connectivity index (χ1) is 9.47. The Morgan fingerprint density at radius 2 is 2.00 bits per heavy atom. The number of sulfonamides is 1. The Morgan fingerprint density at radius 3 is 2.55 bits per heavy atom. The molecule has 4 rings (SSSR count). The van der Waals surface area contributed by atoms with E-state index in [9.17, 15) is 8.42 Å². The van der Waals surface area contributed by atoms with Crippen molar-refractivity contribution in [3.8, 4) is 0 Å². The van der Waals surface area contributed by atoms with Gasteiger partial charge in [0.2, 0.25) is 10.0 Å². The lowest BCUT2D eigenvalue weighted by Crippen LogP contribution is -2.57. The van der Waals surface area contributed by atoms with Gasteiger partial charge >= 0.3 is 0 Å². The van der Waals surface area contributed by atoms with Gasteiger partial charge in [-0.25, -0.2) is 13.1 Å². The molecule has 1 atom stereocenters. The molecule has 2 bridgehead atoms. The number of hydrogen-bond acceptors (Lipinski definition) is 4. The van der Waals surface area contributed by atoms with E-state index in [1.165, 1.54) is 0 Å². The number of hydrogen-bond donors (Lipinski definition) is 2. The minimum Gasteiger partial charge on any atom is -0.398 e. The summed E-state index contributed by atoms with van der Waals surface area (Å²) in [5.74, 6) is 0.415. The van der Waals surface area contributed by atoms with Gasteiger partial charge in [0.15, 0.2) is 0 Å². The zero-order valence-electron chi connectivity index (χ0n) is 11.0. The topological polar surface area (TPSA) is 75.4 Å². The normalized spacial score (nSPS) is 29.6. The predicted molar refractivity (Wildman–Crippen MR) is 79.1 cm³/mol. The molecule has 0 aromatic heterocycles. The molecular weight excluding hydrogens is 298 g/mol. The maximum absolute atomic E-state index is 12.5. The van der Waals surface area contributed by atoms with Crippen molar-refractivity contribution >= 4 is 27.3 Å². The van der Waals surface area contributed by atoms with Crippen molar-refractivity contribution in [1.29, 1.82) is 0 Å². The molecule has 3 heterocycles. The minimum absolute atomic E-state index is 0.00175. The fourth-order valence-corrected chi connectivity index (χ4v) is 5.14. The average molecular weight is 316 g/mol. The van der Waals surface area contributed by atoms with Gasteiger partial charge in [0.05, 0.1) is 10.7 Å². The molecule has 1 aromatic carbocycles. The Hall–Kier alpha value is -0.820. The van der Waals surface area contributed by atoms with E-state index in [1.54, 1.807) is 18.2 Å². The minimum atomic E-state index is -3.68. The molecule has 0 spiro atoms. The number of nitrogens with zero attached hydrogens (tertiary/aromatic N) is 1. The fraction of sp³-hybridized carbons (Fsp3) is 0.538. The molecular formula is C13H18ClN3O2S. The molecule has 3 N–H and O–H groups in total. The Morgan fingerprint density at radius 1 is 1.30 bits per heavy atom. The summed E-state index contributed by atoms with van der Waals surface area (Å²) in [6.07, 6.45) is 2.09. The van der Waals surface area contributed by atoms with Gasteiger partial charge in [0.1, 0.15) is 4.90 Å². The van der Waals surface area contributed by atoms with Gasteiger partial charge in [-0.2, -0.15) is 0 Å². The van der Waals surface area contributed by atoms with Gasteiger partial charge < -0.3 is 10.6 Å². The Balaban J connectivity index is 1.86. The number of nitrogen functional groups attached to an aromatic ring is 1. The monoisotopic (exact) mass is 315 g/mol. The van der Waals surface area contributed by atoms with E-state index in [0.29, 0.717) is 5.92 Å². The van der Waals surface area contributed by atoms with Crippen LogP contribution in [-0.2, 0) is 10.0 Å². The van der Waals surface area contributed by atoms with Crippen LogP contribution in [0.15, 0.2) is 23.1 Å². The van der Waals surface area contributed by atoms with Gasteiger partial charge in [-0.15, -0.1) is 0 Å². The van der Waals surface area contributed by atoms with E-state index in [4.69, 9.17) is 17.3 Å². The molecule has 0 radical (unpaired) electrons. The van der Waals surface area contributed by atoms with Gasteiger partial charge in [-0.1, -0.05) is 17.7 Å². The van der Waals surface area contributed by atoms with Crippen LogP contribution < -0.4 is 10.5 Å². The molecule has 5 nitrogen and oxygen atoms in total. The zero-order valence-corrected chi connectivity index (χ0v) is 12.6. The van der Waals surface area contributed by atoms with E-state index in [2.05, 4.69) is 9.62 Å². The summed E-state index contributed by atoms with van der Waals surface area (Å²) in [5, 5.41) is 0.166. The van der Waals surface area contributed by atoms with Crippen LogP contribution in [0.4, 0.5) is 5.69 Å². The quantitative estimate of drug-likeness (QED) is 0.824. The smallest absolute Gasteiger partial charge is 0.244 e. The summed E-state index contributed by atoms with van der Waals surface area (Å²) in [5.41, 5.74) is 5.96. The lowest BCUT2D eigenvalue weighted by atomic mass is 9.85. The lowest BCUT2D eigenvalue weighted by Gasteiger charge is -2.44. The maximum atomic E-state index is 12.5. The summed E-state index contributed by atoms with van der Waals surface area (Å²) in [7, 11) is -3.68. The maximum Gasteiger partial charge on any atom is 0.244 e. The van der Waals surface area contributed by atoms with Crippen LogP contribution in [0.3, 0.4) is 0 Å². The first-order valence-electron chi connectivity index (χ1n) is 6.76. The highest BCUT2D eigenvalue weighted by atomic mass is 35.5. The molecule has 0 amide bonds. The van der Waals surface area contributed by atoms with Crippen molar-refractivity contribution in [2.24, 2.45) is 5.92 Å². The Kier molecular flexibility index (Phi) is 3.66. The Bertz CT molecular complexity index is 592. The highest BCUT2D eigenvalue weighted by Crippen LogP contribution is 2.31. The van der Waals surface area contributed by atoms with Gasteiger partial charge in [-0.05, 0) is 44.0 Å². The third-order valence-electron chi connectivity index (χ3n) is 4.23. The van der Waals surface area contributed by atoms with Crippen molar-refractivity contribution < 1.29 is 8.42 Å². The predicted octanol–water partition coefficient (Wildman–Crippen LogP) is 1.29. The van der Waals surface area contributed by atoms with Crippen LogP contribution in [0.2, 0.25) is 5.02 Å². The van der Waals surface area contributed by atoms with Crippen molar-refractivity contribution in [2.75, 3.05) is 25.4 Å². The number of fused-ring (bicyclic) bond motifs is 3.